The van der Waals surface area contributed by atoms with Crippen LogP contribution in [0, 0.1) is 6.92 Å². The van der Waals surface area contributed by atoms with Gasteiger partial charge in [0, 0.05) is 6.54 Å². The fourth-order valence-electron chi connectivity index (χ4n) is 2.27. The van der Waals surface area contributed by atoms with E-state index in [2.05, 4.69) is 27.6 Å². The maximum atomic E-state index is 12.0. The first-order valence-corrected chi connectivity index (χ1v) is 8.92. The van der Waals surface area contributed by atoms with Crippen LogP contribution in [0.3, 0.4) is 0 Å². The van der Waals surface area contributed by atoms with Gasteiger partial charge < -0.3 is 8.83 Å². The molecule has 0 aliphatic rings. The third-order valence-electron chi connectivity index (χ3n) is 3.52. The van der Waals surface area contributed by atoms with Crippen LogP contribution in [0.4, 0.5) is 0 Å². The Kier molecular flexibility index (Phi) is 5.77. The maximum Gasteiger partial charge on any atom is 0.305 e. The smallest absolute Gasteiger partial charge is 0.305 e. The lowest BCUT2D eigenvalue weighted by atomic mass is 10.2. The Hall–Kier alpha value is -3.27. The average Bonchev–Trinajstić information content (AvgIpc) is 3.39. The summed E-state index contributed by atoms with van der Waals surface area (Å²) in [5.74, 6) is 0.574. The number of carbonyl (C=O) groups excluding carboxylic acids is 2. The van der Waals surface area contributed by atoms with Crippen LogP contribution in [0.15, 0.2) is 57.4 Å². The van der Waals surface area contributed by atoms with E-state index in [0.29, 0.717) is 17.5 Å². The predicted octanol–water partition coefficient (Wildman–Crippen LogP) is 2.18. The number of hydrogen-bond acceptors (Lipinski definition) is 7. The van der Waals surface area contributed by atoms with Gasteiger partial charge in [-0.1, -0.05) is 17.8 Å². The van der Waals surface area contributed by atoms with Crippen molar-refractivity contribution in [1.29, 1.82) is 0 Å². The van der Waals surface area contributed by atoms with E-state index in [9.17, 15) is 9.59 Å². The standard InChI is InChI=1S/C17H17N5O4S/c1-3-7-22-15(12-6-9-25-11(12)2)19-21-17(22)27-10-14(23)18-20-16(24)13-5-4-8-26-13/h3-6,8-9H,1,7,10H2,2H3,(H,18,23)(H,20,24). The molecule has 0 saturated heterocycles. The number of hydrazine groups is 1. The second-order valence-corrected chi connectivity index (χ2v) is 6.31. The highest BCUT2D eigenvalue weighted by Crippen LogP contribution is 2.26. The molecular weight excluding hydrogens is 370 g/mol. The van der Waals surface area contributed by atoms with Gasteiger partial charge >= 0.3 is 5.91 Å². The number of nitrogens with one attached hydrogen (secondary N) is 2. The van der Waals surface area contributed by atoms with Crippen molar-refractivity contribution in [1.82, 2.24) is 25.6 Å². The largest absolute Gasteiger partial charge is 0.469 e. The zero-order valence-corrected chi connectivity index (χ0v) is 15.3. The first kappa shape index (κ1) is 18.5. The van der Waals surface area contributed by atoms with E-state index < -0.39 is 11.8 Å². The number of rotatable bonds is 7. The van der Waals surface area contributed by atoms with Crippen LogP contribution in [0.25, 0.3) is 11.4 Å². The molecule has 0 saturated carbocycles. The number of hydrogen-bond donors (Lipinski definition) is 2. The van der Waals surface area contributed by atoms with E-state index in [1.807, 2.05) is 17.6 Å². The van der Waals surface area contributed by atoms with Gasteiger partial charge in [0.05, 0.1) is 23.8 Å². The third kappa shape index (κ3) is 4.29. The summed E-state index contributed by atoms with van der Waals surface area (Å²) < 4.78 is 12.1. The lowest BCUT2D eigenvalue weighted by Crippen LogP contribution is -2.42. The van der Waals surface area contributed by atoms with Gasteiger partial charge in [0.2, 0.25) is 5.91 Å². The summed E-state index contributed by atoms with van der Waals surface area (Å²) in [6.45, 7) is 6.06. The SMILES string of the molecule is C=CCn1c(SCC(=O)NNC(=O)c2ccco2)nnc1-c1ccoc1C. The van der Waals surface area contributed by atoms with E-state index in [0.717, 1.165) is 11.3 Å². The van der Waals surface area contributed by atoms with Gasteiger partial charge in [-0.25, -0.2) is 0 Å². The summed E-state index contributed by atoms with van der Waals surface area (Å²) in [5, 5.41) is 8.89. The zero-order chi connectivity index (χ0) is 19.2. The number of nitrogens with zero attached hydrogens (tertiary/aromatic N) is 3. The second-order valence-electron chi connectivity index (χ2n) is 5.36. The molecule has 0 aromatic carbocycles. The molecule has 0 bridgehead atoms. The fourth-order valence-corrected chi connectivity index (χ4v) is 3.02. The quantitative estimate of drug-likeness (QED) is 0.363. The molecule has 0 unspecified atom stereocenters. The summed E-state index contributed by atoms with van der Waals surface area (Å²) in [7, 11) is 0. The van der Waals surface area contributed by atoms with E-state index >= 15 is 0 Å². The lowest BCUT2D eigenvalue weighted by molar-refractivity contribution is -0.119. The van der Waals surface area contributed by atoms with Crippen molar-refractivity contribution in [2.45, 2.75) is 18.6 Å². The zero-order valence-electron chi connectivity index (χ0n) is 14.5. The molecule has 0 aliphatic carbocycles. The highest BCUT2D eigenvalue weighted by Gasteiger charge is 2.18. The van der Waals surface area contributed by atoms with Crippen molar-refractivity contribution in [3.8, 4) is 11.4 Å². The van der Waals surface area contributed by atoms with Crippen LogP contribution in [0.1, 0.15) is 16.3 Å². The van der Waals surface area contributed by atoms with Crippen LogP contribution in [-0.2, 0) is 11.3 Å². The van der Waals surface area contributed by atoms with Gasteiger partial charge in [-0.2, -0.15) is 0 Å². The van der Waals surface area contributed by atoms with E-state index in [4.69, 9.17) is 8.83 Å². The molecule has 0 aliphatic heterocycles. The minimum absolute atomic E-state index is 0.0398. The van der Waals surface area contributed by atoms with Gasteiger partial charge in [0.25, 0.3) is 0 Å². The number of furan rings is 2. The Bertz CT molecular complexity index is 945. The van der Waals surface area contributed by atoms with Crippen LogP contribution in [0.5, 0.6) is 0 Å². The molecule has 0 spiro atoms. The van der Waals surface area contributed by atoms with E-state index in [1.54, 1.807) is 18.4 Å². The first-order chi connectivity index (χ1) is 13.1. The molecule has 0 radical (unpaired) electrons. The fraction of sp³-hybridized carbons (Fsp3) is 0.176. The second kappa shape index (κ2) is 8.41. The Morgan fingerprint density at radius 3 is 2.78 bits per heavy atom. The molecule has 0 fully saturated rings. The minimum atomic E-state index is -0.536. The maximum absolute atomic E-state index is 12.0. The molecule has 3 aromatic rings. The molecule has 2 N–H and O–H groups in total. The number of carbonyl (C=O) groups is 2. The van der Waals surface area contributed by atoms with Crippen LogP contribution >= 0.6 is 11.8 Å². The number of allylic oxidation sites excluding steroid dienone is 1. The van der Waals surface area contributed by atoms with Gasteiger partial charge in [-0.05, 0) is 25.1 Å². The molecular formula is C17H17N5O4S. The molecule has 140 valence electrons. The van der Waals surface area contributed by atoms with Gasteiger partial charge in [-0.3, -0.25) is 25.0 Å². The van der Waals surface area contributed by atoms with Crippen molar-refractivity contribution in [2.75, 3.05) is 5.75 Å². The Morgan fingerprint density at radius 1 is 1.26 bits per heavy atom. The molecule has 27 heavy (non-hydrogen) atoms. The minimum Gasteiger partial charge on any atom is -0.469 e. The van der Waals surface area contributed by atoms with E-state index in [-0.39, 0.29) is 11.5 Å². The molecule has 3 heterocycles. The summed E-state index contributed by atoms with van der Waals surface area (Å²) in [6.07, 6.45) is 4.67. The van der Waals surface area contributed by atoms with Crippen LogP contribution < -0.4 is 10.9 Å². The highest BCUT2D eigenvalue weighted by molar-refractivity contribution is 7.99. The Balaban J connectivity index is 1.61. The average molecular weight is 387 g/mol. The summed E-state index contributed by atoms with van der Waals surface area (Å²) >= 11 is 1.19. The van der Waals surface area contributed by atoms with Crippen molar-refractivity contribution in [2.24, 2.45) is 0 Å². The number of thioether (sulfide) groups is 1. The molecule has 3 aromatic heterocycles. The monoisotopic (exact) mass is 387 g/mol. The molecule has 3 rings (SSSR count). The lowest BCUT2D eigenvalue weighted by Gasteiger charge is -2.08. The van der Waals surface area contributed by atoms with Gasteiger partial charge in [-0.15, -0.1) is 16.8 Å². The molecule has 2 amide bonds. The summed E-state index contributed by atoms with van der Waals surface area (Å²) in [6, 6.07) is 4.88. The highest BCUT2D eigenvalue weighted by atomic mass is 32.2. The van der Waals surface area contributed by atoms with Crippen LogP contribution in [0.2, 0.25) is 0 Å². The summed E-state index contributed by atoms with van der Waals surface area (Å²) in [5.41, 5.74) is 5.43. The third-order valence-corrected chi connectivity index (χ3v) is 4.49. The molecule has 0 atom stereocenters. The molecule has 10 heteroatoms. The van der Waals surface area contributed by atoms with Gasteiger partial charge in [0.1, 0.15) is 5.76 Å². The van der Waals surface area contributed by atoms with E-state index in [1.165, 1.54) is 24.1 Å². The topological polar surface area (TPSA) is 115 Å². The normalized spacial score (nSPS) is 10.6. The predicted molar refractivity (Wildman–Crippen MR) is 97.7 cm³/mol. The number of aryl methyl sites for hydroxylation is 1. The Labute approximate surface area is 158 Å². The van der Waals surface area contributed by atoms with Crippen molar-refractivity contribution < 1.29 is 18.4 Å². The number of amides is 2. The van der Waals surface area contributed by atoms with Crippen molar-refractivity contribution in [3.63, 3.8) is 0 Å². The Morgan fingerprint density at radius 2 is 2.11 bits per heavy atom. The first-order valence-electron chi connectivity index (χ1n) is 7.94. The van der Waals surface area contributed by atoms with Crippen molar-refractivity contribution in [3.05, 3.63) is 54.9 Å². The van der Waals surface area contributed by atoms with Crippen LogP contribution in [-0.4, -0.2) is 32.3 Å². The van der Waals surface area contributed by atoms with Gasteiger partial charge in [0.15, 0.2) is 16.7 Å². The molecule has 9 nitrogen and oxygen atoms in total. The van der Waals surface area contributed by atoms with Crippen molar-refractivity contribution >= 4 is 23.6 Å². The summed E-state index contributed by atoms with van der Waals surface area (Å²) in [4.78, 5) is 23.7. The number of aromatic nitrogens is 3.